The van der Waals surface area contributed by atoms with Crippen molar-refractivity contribution in [2.24, 2.45) is 0 Å². The Kier molecular flexibility index (Phi) is 3.68. The Labute approximate surface area is 159 Å². The molecule has 1 aliphatic heterocycles. The van der Waals surface area contributed by atoms with Gasteiger partial charge in [-0.05, 0) is 49.4 Å². The Morgan fingerprint density at radius 2 is 1.93 bits per heavy atom. The molecule has 0 saturated heterocycles. The van der Waals surface area contributed by atoms with Crippen LogP contribution < -0.4 is 14.8 Å². The van der Waals surface area contributed by atoms with Gasteiger partial charge in [-0.3, -0.25) is 4.79 Å². The summed E-state index contributed by atoms with van der Waals surface area (Å²) in [6.45, 7) is 2.02. The molecule has 0 aliphatic carbocycles. The molecule has 8 heteroatoms. The molecule has 0 radical (unpaired) electrons. The smallest absolute Gasteiger partial charge is 0.255 e. The number of hydrogen-bond acceptors (Lipinski definition) is 6. The fourth-order valence-corrected chi connectivity index (χ4v) is 3.05. The summed E-state index contributed by atoms with van der Waals surface area (Å²) in [7, 11) is 0. The van der Waals surface area contributed by atoms with Gasteiger partial charge in [0.05, 0.1) is 5.69 Å². The van der Waals surface area contributed by atoms with Crippen LogP contribution in [0.5, 0.6) is 11.5 Å². The van der Waals surface area contributed by atoms with E-state index in [0.717, 1.165) is 11.3 Å². The minimum atomic E-state index is -0.228. The second-order valence-corrected chi connectivity index (χ2v) is 6.34. The highest BCUT2D eigenvalue weighted by Gasteiger charge is 2.16. The Balaban J connectivity index is 1.42. The summed E-state index contributed by atoms with van der Waals surface area (Å²) in [6.07, 6.45) is 0. The van der Waals surface area contributed by atoms with Crippen molar-refractivity contribution in [3.63, 3.8) is 0 Å². The largest absolute Gasteiger partial charge is 0.454 e. The van der Waals surface area contributed by atoms with E-state index in [4.69, 9.17) is 9.47 Å². The molecule has 1 amide bonds. The van der Waals surface area contributed by atoms with Gasteiger partial charge in [0, 0.05) is 16.8 Å². The number of ether oxygens (including phenoxy) is 2. The maximum absolute atomic E-state index is 12.6. The number of amides is 1. The minimum Gasteiger partial charge on any atom is -0.454 e. The third kappa shape index (κ3) is 2.81. The molecule has 2 aromatic heterocycles. The van der Waals surface area contributed by atoms with Gasteiger partial charge in [0.1, 0.15) is 0 Å². The minimum absolute atomic E-state index is 0.172. The van der Waals surface area contributed by atoms with E-state index in [9.17, 15) is 4.79 Å². The molecular formula is C20H15N5O3. The maximum Gasteiger partial charge on any atom is 0.255 e. The first-order chi connectivity index (χ1) is 13.7. The lowest BCUT2D eigenvalue weighted by Crippen LogP contribution is -2.11. The molecule has 0 unspecified atom stereocenters. The first-order valence-corrected chi connectivity index (χ1v) is 8.68. The molecule has 0 bridgehead atoms. The second-order valence-electron chi connectivity index (χ2n) is 6.34. The second kappa shape index (κ2) is 6.34. The molecule has 4 aromatic rings. The summed E-state index contributed by atoms with van der Waals surface area (Å²) in [5, 5.41) is 15.5. The summed E-state index contributed by atoms with van der Waals surface area (Å²) < 4.78 is 12.3. The number of carbonyl (C=O) groups is 1. The van der Waals surface area contributed by atoms with Crippen LogP contribution in [0.1, 0.15) is 16.2 Å². The van der Waals surface area contributed by atoms with Crippen LogP contribution in [0.3, 0.4) is 0 Å². The molecule has 0 saturated carbocycles. The van der Waals surface area contributed by atoms with Gasteiger partial charge in [-0.15, -0.1) is 10.2 Å². The zero-order valence-corrected chi connectivity index (χ0v) is 14.9. The van der Waals surface area contributed by atoms with Crippen LogP contribution in [0.2, 0.25) is 0 Å². The van der Waals surface area contributed by atoms with Gasteiger partial charge >= 0.3 is 0 Å². The van der Waals surface area contributed by atoms with E-state index in [1.807, 2.05) is 43.3 Å². The van der Waals surface area contributed by atoms with Gasteiger partial charge in [0.25, 0.3) is 5.91 Å². The van der Waals surface area contributed by atoms with Crippen LogP contribution in [-0.2, 0) is 0 Å². The van der Waals surface area contributed by atoms with Crippen LogP contribution in [0.15, 0.2) is 54.6 Å². The van der Waals surface area contributed by atoms with Crippen LogP contribution in [-0.4, -0.2) is 32.5 Å². The molecule has 138 valence electrons. The summed E-state index contributed by atoms with van der Waals surface area (Å²) in [4.78, 5) is 12.6. The van der Waals surface area contributed by atoms with E-state index in [1.165, 1.54) is 0 Å². The number of anilines is 1. The number of nitrogens with zero attached hydrogens (tertiary/aromatic N) is 4. The Morgan fingerprint density at radius 3 is 2.86 bits per heavy atom. The lowest BCUT2D eigenvalue weighted by Gasteiger charge is -2.08. The highest BCUT2D eigenvalue weighted by molar-refractivity contribution is 6.05. The number of carbonyl (C=O) groups excluding carboxylic acids is 1. The topological polar surface area (TPSA) is 90.6 Å². The highest BCUT2D eigenvalue weighted by atomic mass is 16.7. The third-order valence-corrected chi connectivity index (χ3v) is 4.47. The van der Waals surface area contributed by atoms with Crippen molar-refractivity contribution in [2.75, 3.05) is 12.1 Å². The van der Waals surface area contributed by atoms with E-state index in [2.05, 4.69) is 20.6 Å². The zero-order chi connectivity index (χ0) is 19.1. The van der Waals surface area contributed by atoms with Gasteiger partial charge in [-0.25, -0.2) is 0 Å². The molecule has 3 heterocycles. The van der Waals surface area contributed by atoms with Gasteiger partial charge < -0.3 is 14.8 Å². The SMILES string of the molecule is Cc1nnc2ccc(-c3cccc(NC(=O)c4ccc5c(c4)OCO5)c3)nn12. The molecule has 5 rings (SSSR count). The van der Waals surface area contributed by atoms with Crippen molar-refractivity contribution in [3.8, 4) is 22.8 Å². The van der Waals surface area contributed by atoms with E-state index in [0.29, 0.717) is 34.2 Å². The van der Waals surface area contributed by atoms with Gasteiger partial charge in [-0.2, -0.15) is 9.61 Å². The first-order valence-electron chi connectivity index (χ1n) is 8.68. The predicted molar refractivity (Wildman–Crippen MR) is 101 cm³/mol. The van der Waals surface area contributed by atoms with Gasteiger partial charge in [-0.1, -0.05) is 12.1 Å². The van der Waals surface area contributed by atoms with E-state index < -0.39 is 0 Å². The maximum atomic E-state index is 12.6. The van der Waals surface area contributed by atoms with Crippen molar-refractivity contribution in [1.29, 1.82) is 0 Å². The first kappa shape index (κ1) is 16.2. The predicted octanol–water partition coefficient (Wildman–Crippen LogP) is 3.08. The normalized spacial score (nSPS) is 12.3. The molecule has 0 spiro atoms. The van der Waals surface area contributed by atoms with Crippen molar-refractivity contribution in [3.05, 3.63) is 66.0 Å². The summed E-state index contributed by atoms with van der Waals surface area (Å²) in [6, 6.07) is 16.4. The van der Waals surface area contributed by atoms with Crippen molar-refractivity contribution in [1.82, 2.24) is 19.8 Å². The van der Waals surface area contributed by atoms with Crippen LogP contribution in [0.4, 0.5) is 5.69 Å². The standard InChI is InChI=1S/C20H15N5O3/c1-12-22-23-19-8-6-16(24-25(12)19)13-3-2-4-15(9-13)21-20(26)14-5-7-17-18(10-14)28-11-27-17/h2-10H,11H2,1H3,(H,21,26). The zero-order valence-electron chi connectivity index (χ0n) is 14.9. The van der Waals surface area contributed by atoms with Crippen molar-refractivity contribution in [2.45, 2.75) is 6.92 Å². The number of hydrogen-bond donors (Lipinski definition) is 1. The van der Waals surface area contributed by atoms with Crippen LogP contribution >= 0.6 is 0 Å². The number of nitrogens with one attached hydrogen (secondary N) is 1. The van der Waals surface area contributed by atoms with Gasteiger partial charge in [0.2, 0.25) is 6.79 Å². The average molecular weight is 373 g/mol. The monoisotopic (exact) mass is 373 g/mol. The number of rotatable bonds is 3. The van der Waals surface area contributed by atoms with E-state index in [-0.39, 0.29) is 12.7 Å². The molecular weight excluding hydrogens is 358 g/mol. The number of fused-ring (bicyclic) bond motifs is 2. The Hall–Kier alpha value is -3.94. The fraction of sp³-hybridized carbons (Fsp3) is 0.100. The molecule has 1 aliphatic rings. The molecule has 8 nitrogen and oxygen atoms in total. The molecule has 0 fully saturated rings. The van der Waals surface area contributed by atoms with Crippen molar-refractivity contribution >= 4 is 17.2 Å². The average Bonchev–Trinajstić information content (AvgIpc) is 3.34. The number of aromatic nitrogens is 4. The summed E-state index contributed by atoms with van der Waals surface area (Å²) >= 11 is 0. The Morgan fingerprint density at radius 1 is 1.04 bits per heavy atom. The van der Waals surface area contributed by atoms with E-state index in [1.54, 1.807) is 22.7 Å². The number of aryl methyl sites for hydroxylation is 1. The molecule has 0 atom stereocenters. The quantitative estimate of drug-likeness (QED) is 0.593. The van der Waals surface area contributed by atoms with Crippen LogP contribution in [0.25, 0.3) is 16.9 Å². The third-order valence-electron chi connectivity index (χ3n) is 4.47. The highest BCUT2D eigenvalue weighted by Crippen LogP contribution is 2.32. The Bertz CT molecular complexity index is 1220. The summed E-state index contributed by atoms with van der Waals surface area (Å²) in [5.41, 5.74) is 3.48. The lowest BCUT2D eigenvalue weighted by molar-refractivity contribution is 0.102. The molecule has 28 heavy (non-hydrogen) atoms. The lowest BCUT2D eigenvalue weighted by atomic mass is 10.1. The number of benzene rings is 2. The molecule has 1 N–H and O–H groups in total. The van der Waals surface area contributed by atoms with E-state index >= 15 is 0 Å². The molecule has 2 aromatic carbocycles. The van der Waals surface area contributed by atoms with Gasteiger partial charge in [0.15, 0.2) is 23.0 Å². The summed E-state index contributed by atoms with van der Waals surface area (Å²) in [5.74, 6) is 1.70. The van der Waals surface area contributed by atoms with Crippen molar-refractivity contribution < 1.29 is 14.3 Å². The fourth-order valence-electron chi connectivity index (χ4n) is 3.05. The van der Waals surface area contributed by atoms with Crippen LogP contribution in [0, 0.1) is 6.92 Å².